The van der Waals surface area contributed by atoms with Crippen LogP contribution < -0.4 is 14.8 Å². The van der Waals surface area contributed by atoms with E-state index in [1.807, 2.05) is 19.9 Å². The molecule has 1 amide bonds. The van der Waals surface area contributed by atoms with Gasteiger partial charge in [0.25, 0.3) is 0 Å². The quantitative estimate of drug-likeness (QED) is 0.470. The maximum atomic E-state index is 12.3. The molecule has 1 unspecified atom stereocenters. The van der Waals surface area contributed by atoms with Gasteiger partial charge in [-0.05, 0) is 44.5 Å². The van der Waals surface area contributed by atoms with E-state index in [0.717, 1.165) is 5.56 Å². The van der Waals surface area contributed by atoms with Crippen molar-refractivity contribution in [2.24, 2.45) is 0 Å². The lowest BCUT2D eigenvalue weighted by Crippen LogP contribution is -2.50. The fraction of sp³-hybridized carbons (Fsp3) is 0.500. The number of hydrogen-bond acceptors (Lipinski definition) is 6. The molecule has 0 fully saturated rings. The van der Waals surface area contributed by atoms with Crippen LogP contribution in [0.15, 0.2) is 24.3 Å². The van der Waals surface area contributed by atoms with Crippen LogP contribution >= 0.6 is 0 Å². The third kappa shape index (κ3) is 7.70. The summed E-state index contributed by atoms with van der Waals surface area (Å²) in [6, 6.07) is 5.44. The van der Waals surface area contributed by atoms with Crippen molar-refractivity contribution < 1.29 is 28.5 Å². The summed E-state index contributed by atoms with van der Waals surface area (Å²) in [4.78, 5) is 23.9. The fourth-order valence-corrected chi connectivity index (χ4v) is 2.52. The van der Waals surface area contributed by atoms with Crippen LogP contribution in [0.5, 0.6) is 11.5 Å². The number of carbonyl (C=O) groups excluding carboxylic acids is 2. The molecule has 0 saturated heterocycles. The summed E-state index contributed by atoms with van der Waals surface area (Å²) in [5.74, 6) is 0.514. The summed E-state index contributed by atoms with van der Waals surface area (Å²) in [6.07, 6.45) is 3.07. The van der Waals surface area contributed by atoms with Crippen LogP contribution in [0.4, 0.5) is 0 Å². The number of amides is 1. The summed E-state index contributed by atoms with van der Waals surface area (Å²) in [5.41, 5.74) is -0.0723. The predicted molar refractivity (Wildman–Crippen MR) is 103 cm³/mol. The van der Waals surface area contributed by atoms with E-state index >= 15 is 0 Å². The molecule has 0 saturated carbocycles. The van der Waals surface area contributed by atoms with Gasteiger partial charge in [-0.25, -0.2) is 0 Å². The predicted octanol–water partition coefficient (Wildman–Crippen LogP) is 2.58. The Morgan fingerprint density at radius 1 is 1.11 bits per heavy atom. The summed E-state index contributed by atoms with van der Waals surface area (Å²) in [6.45, 7) is 6.75. The first-order valence-electron chi connectivity index (χ1n) is 8.83. The van der Waals surface area contributed by atoms with Crippen LogP contribution in [0, 0.1) is 0 Å². The van der Waals surface area contributed by atoms with Gasteiger partial charge in [-0.15, -0.1) is 0 Å². The Balaban J connectivity index is 2.86. The van der Waals surface area contributed by atoms with Crippen molar-refractivity contribution in [1.29, 1.82) is 0 Å². The maximum Gasteiger partial charge on any atom is 0.307 e. The highest BCUT2D eigenvalue weighted by Gasteiger charge is 2.29. The van der Waals surface area contributed by atoms with Gasteiger partial charge in [0.1, 0.15) is 0 Å². The lowest BCUT2D eigenvalue weighted by molar-refractivity contribution is -0.143. The van der Waals surface area contributed by atoms with E-state index in [9.17, 15) is 9.59 Å². The van der Waals surface area contributed by atoms with Gasteiger partial charge in [-0.3, -0.25) is 9.59 Å². The Kier molecular flexibility index (Phi) is 9.36. The molecular weight excluding hydrogens is 350 g/mol. The van der Waals surface area contributed by atoms with Crippen molar-refractivity contribution in [3.05, 3.63) is 29.8 Å². The molecule has 1 aromatic rings. The van der Waals surface area contributed by atoms with Crippen molar-refractivity contribution in [3.8, 4) is 11.5 Å². The molecule has 0 aliphatic carbocycles. The van der Waals surface area contributed by atoms with Crippen LogP contribution in [0.2, 0.25) is 0 Å². The molecule has 0 aliphatic rings. The molecule has 150 valence electrons. The molecule has 0 aliphatic heterocycles. The lowest BCUT2D eigenvalue weighted by Gasteiger charge is -2.28. The molecule has 1 N–H and O–H groups in total. The average Bonchev–Trinajstić information content (AvgIpc) is 2.62. The normalized spacial score (nSPS) is 13.1. The van der Waals surface area contributed by atoms with E-state index in [-0.39, 0.29) is 18.9 Å². The third-order valence-electron chi connectivity index (χ3n) is 3.64. The zero-order valence-electron chi connectivity index (χ0n) is 16.7. The van der Waals surface area contributed by atoms with E-state index in [4.69, 9.17) is 14.2 Å². The van der Waals surface area contributed by atoms with E-state index in [1.54, 1.807) is 25.1 Å². The van der Waals surface area contributed by atoms with E-state index < -0.39 is 11.5 Å². The zero-order chi connectivity index (χ0) is 20.3. The molecule has 0 spiro atoms. The summed E-state index contributed by atoms with van der Waals surface area (Å²) >= 11 is 0. The highest BCUT2D eigenvalue weighted by Crippen LogP contribution is 2.29. The molecule has 0 radical (unpaired) electrons. The summed E-state index contributed by atoms with van der Waals surface area (Å²) in [5, 5.41) is 2.79. The number of hydrogen-bond donors (Lipinski definition) is 1. The molecule has 0 bridgehead atoms. The first-order chi connectivity index (χ1) is 12.9. The molecule has 1 atom stereocenters. The molecule has 0 aromatic heterocycles. The largest absolute Gasteiger partial charge is 0.490 e. The van der Waals surface area contributed by atoms with Crippen molar-refractivity contribution in [2.75, 3.05) is 34.0 Å². The Morgan fingerprint density at radius 2 is 1.78 bits per heavy atom. The molecule has 0 heterocycles. The van der Waals surface area contributed by atoms with Crippen LogP contribution in [0.25, 0.3) is 6.08 Å². The SMILES string of the molecule is CCOc1ccc(/C=C/C(=O)NC(C)(COC)CC(=O)OC)cc1OCC. The lowest BCUT2D eigenvalue weighted by atomic mass is 9.99. The molecule has 27 heavy (non-hydrogen) atoms. The van der Waals surface area contributed by atoms with Gasteiger partial charge in [-0.1, -0.05) is 6.07 Å². The smallest absolute Gasteiger partial charge is 0.307 e. The van der Waals surface area contributed by atoms with Gasteiger partial charge in [0, 0.05) is 13.2 Å². The first-order valence-corrected chi connectivity index (χ1v) is 8.83. The minimum atomic E-state index is -0.863. The second-order valence-corrected chi connectivity index (χ2v) is 6.14. The minimum Gasteiger partial charge on any atom is -0.490 e. The van der Waals surface area contributed by atoms with Crippen LogP contribution in [-0.4, -0.2) is 51.5 Å². The van der Waals surface area contributed by atoms with E-state index in [1.165, 1.54) is 20.3 Å². The number of ether oxygens (including phenoxy) is 4. The average molecular weight is 379 g/mol. The van der Waals surface area contributed by atoms with Crippen molar-refractivity contribution >= 4 is 18.0 Å². The first kappa shape index (κ1) is 22.5. The number of benzene rings is 1. The molecule has 1 aromatic carbocycles. The minimum absolute atomic E-state index is 0.00839. The molecule has 7 nitrogen and oxygen atoms in total. The van der Waals surface area contributed by atoms with E-state index in [2.05, 4.69) is 10.1 Å². The Morgan fingerprint density at radius 3 is 2.37 bits per heavy atom. The number of carbonyl (C=O) groups is 2. The van der Waals surface area contributed by atoms with Gasteiger partial charge in [0.2, 0.25) is 5.91 Å². The third-order valence-corrected chi connectivity index (χ3v) is 3.64. The second kappa shape index (κ2) is 11.2. The van der Waals surface area contributed by atoms with Gasteiger partial charge < -0.3 is 24.3 Å². The van der Waals surface area contributed by atoms with E-state index in [0.29, 0.717) is 24.7 Å². The molecule has 1 rings (SSSR count). The Labute approximate surface area is 160 Å². The molecule has 7 heteroatoms. The van der Waals surface area contributed by atoms with Gasteiger partial charge in [0.05, 0.1) is 38.9 Å². The molecular formula is C20H29NO6. The van der Waals surface area contributed by atoms with Crippen LogP contribution in [0.1, 0.15) is 32.8 Å². The van der Waals surface area contributed by atoms with Gasteiger partial charge in [-0.2, -0.15) is 0 Å². The zero-order valence-corrected chi connectivity index (χ0v) is 16.7. The monoisotopic (exact) mass is 379 g/mol. The summed E-state index contributed by atoms with van der Waals surface area (Å²) in [7, 11) is 2.81. The topological polar surface area (TPSA) is 83.1 Å². The van der Waals surface area contributed by atoms with Crippen molar-refractivity contribution in [2.45, 2.75) is 32.7 Å². The second-order valence-electron chi connectivity index (χ2n) is 6.14. The van der Waals surface area contributed by atoms with Crippen LogP contribution in [0.3, 0.4) is 0 Å². The van der Waals surface area contributed by atoms with Gasteiger partial charge in [0.15, 0.2) is 11.5 Å². The highest BCUT2D eigenvalue weighted by molar-refractivity contribution is 5.92. The summed E-state index contributed by atoms with van der Waals surface area (Å²) < 4.78 is 20.9. The van der Waals surface area contributed by atoms with Crippen molar-refractivity contribution in [3.63, 3.8) is 0 Å². The number of rotatable bonds is 11. The fourth-order valence-electron chi connectivity index (χ4n) is 2.52. The number of nitrogens with one attached hydrogen (secondary N) is 1. The number of methoxy groups -OCH3 is 2. The Hall–Kier alpha value is -2.54. The highest BCUT2D eigenvalue weighted by atomic mass is 16.5. The van der Waals surface area contributed by atoms with Crippen LogP contribution in [-0.2, 0) is 19.1 Å². The van der Waals surface area contributed by atoms with Gasteiger partial charge >= 0.3 is 5.97 Å². The van der Waals surface area contributed by atoms with Crippen molar-refractivity contribution in [1.82, 2.24) is 5.32 Å². The maximum absolute atomic E-state index is 12.3. The Bertz CT molecular complexity index is 658. The number of esters is 1. The standard InChI is InChI=1S/C20H29NO6/c1-6-26-16-10-8-15(12-17(16)27-7-2)9-11-18(22)21-20(3,14-24-4)13-19(23)25-5/h8-12H,6-7,13-14H2,1-5H3,(H,21,22)/b11-9+.